The number of aliphatic hydroxyl groups is 1. The largest absolute Gasteiger partial charge is 0.396 e. The van der Waals surface area contributed by atoms with Gasteiger partial charge in [-0.1, -0.05) is 15.9 Å². The predicted molar refractivity (Wildman–Crippen MR) is 71.1 cm³/mol. The molecule has 16 heavy (non-hydrogen) atoms. The van der Waals surface area contributed by atoms with E-state index >= 15 is 0 Å². The standard InChI is InChI=1S/C13H18BrNO/c1-9(2)15-8-10(5-6-16)12-7-11(14)3-4-13(12)15/h3-4,7,9-10,16H,5-6,8H2,1-2H3. The minimum absolute atomic E-state index is 0.266. The predicted octanol–water partition coefficient (Wildman–Crippen LogP) is 3.14. The first-order chi connectivity index (χ1) is 7.63. The molecule has 1 N–H and O–H groups in total. The maximum atomic E-state index is 9.12. The average molecular weight is 284 g/mol. The van der Waals surface area contributed by atoms with Gasteiger partial charge in [0, 0.05) is 35.3 Å². The maximum Gasteiger partial charge on any atom is 0.0437 e. The van der Waals surface area contributed by atoms with Crippen LogP contribution in [0.25, 0.3) is 0 Å². The van der Waals surface area contributed by atoms with Crippen LogP contribution in [-0.2, 0) is 0 Å². The summed E-state index contributed by atoms with van der Waals surface area (Å²) in [5.41, 5.74) is 2.70. The lowest BCUT2D eigenvalue weighted by atomic mass is 9.98. The third-order valence-corrected chi connectivity index (χ3v) is 3.75. The monoisotopic (exact) mass is 283 g/mol. The normalized spacial score (nSPS) is 19.3. The first-order valence-corrected chi connectivity index (χ1v) is 6.59. The van der Waals surface area contributed by atoms with Crippen molar-refractivity contribution in [2.24, 2.45) is 0 Å². The van der Waals surface area contributed by atoms with Crippen LogP contribution in [0.5, 0.6) is 0 Å². The quantitative estimate of drug-likeness (QED) is 0.921. The number of hydrogen-bond acceptors (Lipinski definition) is 2. The molecule has 0 aliphatic carbocycles. The summed E-state index contributed by atoms with van der Waals surface area (Å²) in [5.74, 6) is 0.472. The number of halogens is 1. The van der Waals surface area contributed by atoms with Crippen LogP contribution in [-0.4, -0.2) is 24.3 Å². The Labute approximate surface area is 105 Å². The van der Waals surface area contributed by atoms with Gasteiger partial charge in [-0.3, -0.25) is 0 Å². The van der Waals surface area contributed by atoms with E-state index in [0.29, 0.717) is 12.0 Å². The van der Waals surface area contributed by atoms with Gasteiger partial charge in [0.1, 0.15) is 0 Å². The second-order valence-corrected chi connectivity index (χ2v) is 5.57. The zero-order valence-corrected chi connectivity index (χ0v) is 11.4. The Morgan fingerprint density at radius 1 is 1.50 bits per heavy atom. The first kappa shape index (κ1) is 11.9. The Morgan fingerprint density at radius 2 is 2.25 bits per heavy atom. The van der Waals surface area contributed by atoms with Gasteiger partial charge in [-0.05, 0) is 44.0 Å². The number of aliphatic hydroxyl groups excluding tert-OH is 1. The number of anilines is 1. The number of rotatable bonds is 3. The Kier molecular flexibility index (Phi) is 3.55. The summed E-state index contributed by atoms with van der Waals surface area (Å²) >= 11 is 3.52. The van der Waals surface area contributed by atoms with E-state index < -0.39 is 0 Å². The van der Waals surface area contributed by atoms with Crippen LogP contribution >= 0.6 is 15.9 Å². The van der Waals surface area contributed by atoms with Crippen molar-refractivity contribution in [2.45, 2.75) is 32.2 Å². The Balaban J connectivity index is 2.36. The second-order valence-electron chi connectivity index (χ2n) is 4.66. The van der Waals surface area contributed by atoms with Crippen molar-refractivity contribution < 1.29 is 5.11 Å². The highest BCUT2D eigenvalue weighted by Gasteiger charge is 2.29. The summed E-state index contributed by atoms with van der Waals surface area (Å²) in [7, 11) is 0. The minimum atomic E-state index is 0.266. The number of nitrogens with zero attached hydrogens (tertiary/aromatic N) is 1. The Morgan fingerprint density at radius 3 is 2.88 bits per heavy atom. The molecule has 3 heteroatoms. The summed E-state index contributed by atoms with van der Waals surface area (Å²) in [6.07, 6.45) is 0.854. The average Bonchev–Trinajstić information content (AvgIpc) is 2.58. The van der Waals surface area contributed by atoms with Gasteiger partial charge >= 0.3 is 0 Å². The van der Waals surface area contributed by atoms with Gasteiger partial charge in [0.15, 0.2) is 0 Å². The van der Waals surface area contributed by atoms with Gasteiger partial charge in [0.25, 0.3) is 0 Å². The van der Waals surface area contributed by atoms with E-state index in [0.717, 1.165) is 17.4 Å². The van der Waals surface area contributed by atoms with Crippen molar-refractivity contribution in [3.8, 4) is 0 Å². The Hall–Kier alpha value is -0.540. The molecule has 0 bridgehead atoms. The molecule has 1 aliphatic rings. The fraction of sp³-hybridized carbons (Fsp3) is 0.538. The summed E-state index contributed by atoms with van der Waals surface area (Å²) in [6.45, 7) is 5.73. The van der Waals surface area contributed by atoms with Crippen LogP contribution in [0.3, 0.4) is 0 Å². The molecule has 1 aromatic carbocycles. The molecule has 1 unspecified atom stereocenters. The molecule has 2 rings (SSSR count). The molecule has 88 valence electrons. The smallest absolute Gasteiger partial charge is 0.0437 e. The molecule has 0 saturated carbocycles. The fourth-order valence-corrected chi connectivity index (χ4v) is 2.82. The van der Waals surface area contributed by atoms with Gasteiger partial charge < -0.3 is 10.0 Å². The molecule has 0 amide bonds. The van der Waals surface area contributed by atoms with Crippen molar-refractivity contribution in [2.75, 3.05) is 18.1 Å². The van der Waals surface area contributed by atoms with E-state index in [9.17, 15) is 0 Å². The van der Waals surface area contributed by atoms with Crippen LogP contribution in [0.15, 0.2) is 22.7 Å². The van der Waals surface area contributed by atoms with Crippen molar-refractivity contribution in [3.05, 3.63) is 28.2 Å². The minimum Gasteiger partial charge on any atom is -0.396 e. The third kappa shape index (κ3) is 2.11. The lowest BCUT2D eigenvalue weighted by molar-refractivity contribution is 0.277. The van der Waals surface area contributed by atoms with Crippen LogP contribution in [0.1, 0.15) is 31.7 Å². The summed E-state index contributed by atoms with van der Waals surface area (Å²) in [5, 5.41) is 9.12. The van der Waals surface area contributed by atoms with Gasteiger partial charge in [0.2, 0.25) is 0 Å². The SMILES string of the molecule is CC(C)N1CC(CCO)c2cc(Br)ccc21. The summed E-state index contributed by atoms with van der Waals surface area (Å²) < 4.78 is 1.12. The van der Waals surface area contributed by atoms with Gasteiger partial charge in [-0.25, -0.2) is 0 Å². The van der Waals surface area contributed by atoms with Crippen molar-refractivity contribution in [1.29, 1.82) is 0 Å². The maximum absolute atomic E-state index is 9.12. The lowest BCUT2D eigenvalue weighted by Crippen LogP contribution is -2.29. The van der Waals surface area contributed by atoms with Crippen molar-refractivity contribution in [1.82, 2.24) is 0 Å². The van der Waals surface area contributed by atoms with E-state index in [4.69, 9.17) is 5.11 Å². The van der Waals surface area contributed by atoms with E-state index in [1.165, 1.54) is 11.3 Å². The highest BCUT2D eigenvalue weighted by atomic mass is 79.9. The second kappa shape index (κ2) is 4.76. The first-order valence-electron chi connectivity index (χ1n) is 5.80. The topological polar surface area (TPSA) is 23.5 Å². The third-order valence-electron chi connectivity index (χ3n) is 3.26. The Bertz CT molecular complexity index is 378. The van der Waals surface area contributed by atoms with Crippen molar-refractivity contribution >= 4 is 21.6 Å². The van der Waals surface area contributed by atoms with Gasteiger partial charge in [0.05, 0.1) is 0 Å². The van der Waals surface area contributed by atoms with Crippen LogP contribution in [0.2, 0.25) is 0 Å². The summed E-state index contributed by atoms with van der Waals surface area (Å²) in [6, 6.07) is 6.98. The van der Waals surface area contributed by atoms with Gasteiger partial charge in [-0.2, -0.15) is 0 Å². The zero-order valence-electron chi connectivity index (χ0n) is 9.78. The molecule has 0 aromatic heterocycles. The van der Waals surface area contributed by atoms with E-state index in [1.54, 1.807) is 0 Å². The molecule has 1 aromatic rings. The molecule has 2 nitrogen and oxygen atoms in total. The molecular weight excluding hydrogens is 266 g/mol. The molecule has 0 fully saturated rings. The molecule has 0 spiro atoms. The van der Waals surface area contributed by atoms with Crippen LogP contribution < -0.4 is 4.90 Å². The van der Waals surface area contributed by atoms with Gasteiger partial charge in [-0.15, -0.1) is 0 Å². The van der Waals surface area contributed by atoms with E-state index in [-0.39, 0.29) is 6.61 Å². The number of benzene rings is 1. The summed E-state index contributed by atoms with van der Waals surface area (Å²) in [4.78, 5) is 2.42. The molecule has 1 heterocycles. The highest BCUT2D eigenvalue weighted by molar-refractivity contribution is 9.10. The molecule has 1 aliphatic heterocycles. The molecule has 1 atom stereocenters. The number of hydrogen-bond donors (Lipinski definition) is 1. The molecule has 0 saturated heterocycles. The highest BCUT2D eigenvalue weighted by Crippen LogP contribution is 2.40. The molecular formula is C13H18BrNO. The van der Waals surface area contributed by atoms with Crippen LogP contribution in [0.4, 0.5) is 5.69 Å². The zero-order chi connectivity index (χ0) is 11.7. The van der Waals surface area contributed by atoms with Crippen LogP contribution in [0, 0.1) is 0 Å². The fourth-order valence-electron chi connectivity index (χ4n) is 2.44. The van der Waals surface area contributed by atoms with E-state index in [2.05, 4.69) is 52.9 Å². The number of fused-ring (bicyclic) bond motifs is 1. The van der Waals surface area contributed by atoms with E-state index in [1.807, 2.05) is 0 Å². The molecule has 0 radical (unpaired) electrons. The lowest BCUT2D eigenvalue weighted by Gasteiger charge is -2.24. The van der Waals surface area contributed by atoms with Crippen molar-refractivity contribution in [3.63, 3.8) is 0 Å².